The number of carbonyl (C=O) groups excluding carboxylic acids is 1. The highest BCUT2D eigenvalue weighted by Gasteiger charge is 2.23. The van der Waals surface area contributed by atoms with Crippen LogP contribution in [-0.4, -0.2) is 40.9 Å². The zero-order chi connectivity index (χ0) is 16.2. The number of benzene rings is 1. The topological polar surface area (TPSA) is 49.3 Å². The SMILES string of the molecule is CCCCN(C)C(=O)c1ccnc(N2CCc3ccccc32)n1. The van der Waals surface area contributed by atoms with Crippen molar-refractivity contribution in [3.8, 4) is 0 Å². The number of rotatable bonds is 5. The van der Waals surface area contributed by atoms with E-state index in [0.29, 0.717) is 11.6 Å². The molecule has 0 aliphatic carbocycles. The van der Waals surface area contributed by atoms with E-state index in [0.717, 1.165) is 38.0 Å². The van der Waals surface area contributed by atoms with E-state index in [1.165, 1.54) is 5.56 Å². The van der Waals surface area contributed by atoms with E-state index >= 15 is 0 Å². The Hall–Kier alpha value is -2.43. The molecule has 0 fully saturated rings. The standard InChI is InChI=1S/C18H22N4O/c1-3-4-12-21(2)17(23)15-9-11-19-18(20-15)22-13-10-14-7-5-6-8-16(14)22/h5-9,11H,3-4,10,12-13H2,1-2H3. The number of carbonyl (C=O) groups is 1. The minimum atomic E-state index is -0.0467. The Kier molecular flexibility index (Phi) is 4.55. The number of anilines is 2. The third kappa shape index (κ3) is 3.18. The lowest BCUT2D eigenvalue weighted by Gasteiger charge is -2.19. The molecule has 1 aromatic carbocycles. The van der Waals surface area contributed by atoms with Crippen molar-refractivity contribution in [1.82, 2.24) is 14.9 Å². The van der Waals surface area contributed by atoms with E-state index in [9.17, 15) is 4.79 Å². The fourth-order valence-electron chi connectivity index (χ4n) is 2.84. The second-order valence-electron chi connectivity index (χ2n) is 5.85. The van der Waals surface area contributed by atoms with Gasteiger partial charge in [-0.05, 0) is 30.5 Å². The summed E-state index contributed by atoms with van der Waals surface area (Å²) in [6.45, 7) is 3.72. The largest absolute Gasteiger partial charge is 0.340 e. The van der Waals surface area contributed by atoms with E-state index < -0.39 is 0 Å². The zero-order valence-electron chi connectivity index (χ0n) is 13.7. The number of hydrogen-bond acceptors (Lipinski definition) is 4. The van der Waals surface area contributed by atoms with Crippen LogP contribution >= 0.6 is 0 Å². The molecule has 0 N–H and O–H groups in total. The summed E-state index contributed by atoms with van der Waals surface area (Å²) in [7, 11) is 1.82. The normalized spacial score (nSPS) is 13.0. The first-order chi connectivity index (χ1) is 11.2. The summed E-state index contributed by atoms with van der Waals surface area (Å²) in [5.41, 5.74) is 2.89. The summed E-state index contributed by atoms with van der Waals surface area (Å²) in [6.07, 6.45) is 4.72. The van der Waals surface area contributed by atoms with Crippen molar-refractivity contribution in [3.05, 3.63) is 47.8 Å². The highest BCUT2D eigenvalue weighted by Crippen LogP contribution is 2.32. The van der Waals surface area contributed by atoms with Gasteiger partial charge in [-0.1, -0.05) is 31.5 Å². The maximum absolute atomic E-state index is 12.5. The lowest BCUT2D eigenvalue weighted by atomic mass is 10.2. The third-order valence-electron chi connectivity index (χ3n) is 4.18. The average molecular weight is 310 g/mol. The maximum atomic E-state index is 12.5. The molecule has 0 saturated carbocycles. The minimum absolute atomic E-state index is 0.0467. The Bertz CT molecular complexity index is 701. The van der Waals surface area contributed by atoms with Crippen LogP contribution in [0.4, 0.5) is 11.6 Å². The smallest absolute Gasteiger partial charge is 0.272 e. The van der Waals surface area contributed by atoms with Crippen LogP contribution in [0.25, 0.3) is 0 Å². The molecule has 120 valence electrons. The van der Waals surface area contributed by atoms with Crippen LogP contribution in [0.2, 0.25) is 0 Å². The van der Waals surface area contributed by atoms with Gasteiger partial charge in [0, 0.05) is 32.0 Å². The van der Waals surface area contributed by atoms with Crippen LogP contribution in [0.15, 0.2) is 36.5 Å². The molecule has 0 saturated heterocycles. The van der Waals surface area contributed by atoms with Crippen LogP contribution in [0.1, 0.15) is 35.8 Å². The van der Waals surface area contributed by atoms with Crippen molar-refractivity contribution in [3.63, 3.8) is 0 Å². The molecule has 1 aliphatic rings. The van der Waals surface area contributed by atoms with Gasteiger partial charge < -0.3 is 9.80 Å². The second-order valence-corrected chi connectivity index (χ2v) is 5.85. The summed E-state index contributed by atoms with van der Waals surface area (Å²) in [5.74, 6) is 0.555. The molecule has 0 atom stereocenters. The highest BCUT2D eigenvalue weighted by molar-refractivity contribution is 5.92. The Labute approximate surface area is 137 Å². The average Bonchev–Trinajstić information content (AvgIpc) is 3.03. The monoisotopic (exact) mass is 310 g/mol. The number of amides is 1. The van der Waals surface area contributed by atoms with Gasteiger partial charge in [0.15, 0.2) is 0 Å². The number of para-hydroxylation sites is 1. The molecule has 2 heterocycles. The summed E-state index contributed by atoms with van der Waals surface area (Å²) in [5, 5.41) is 0. The maximum Gasteiger partial charge on any atom is 0.272 e. The zero-order valence-corrected chi connectivity index (χ0v) is 13.7. The molecule has 0 radical (unpaired) electrons. The Morgan fingerprint density at radius 3 is 2.96 bits per heavy atom. The fourth-order valence-corrected chi connectivity index (χ4v) is 2.84. The number of unbranched alkanes of at least 4 members (excludes halogenated alkanes) is 1. The first-order valence-electron chi connectivity index (χ1n) is 8.14. The van der Waals surface area contributed by atoms with Gasteiger partial charge >= 0.3 is 0 Å². The van der Waals surface area contributed by atoms with Gasteiger partial charge in [0.1, 0.15) is 5.69 Å². The summed E-state index contributed by atoms with van der Waals surface area (Å²) in [4.78, 5) is 25.2. The lowest BCUT2D eigenvalue weighted by Crippen LogP contribution is -2.29. The molecule has 5 heteroatoms. The van der Waals surface area contributed by atoms with Gasteiger partial charge in [0.05, 0.1) is 0 Å². The molecule has 1 aliphatic heterocycles. The molecular weight excluding hydrogens is 288 g/mol. The van der Waals surface area contributed by atoms with Gasteiger partial charge in [-0.25, -0.2) is 9.97 Å². The molecule has 3 rings (SSSR count). The van der Waals surface area contributed by atoms with Gasteiger partial charge in [0.2, 0.25) is 5.95 Å². The third-order valence-corrected chi connectivity index (χ3v) is 4.18. The summed E-state index contributed by atoms with van der Waals surface area (Å²) >= 11 is 0. The number of fused-ring (bicyclic) bond motifs is 1. The van der Waals surface area contributed by atoms with Crippen molar-refractivity contribution >= 4 is 17.5 Å². The van der Waals surface area contributed by atoms with Gasteiger partial charge in [-0.2, -0.15) is 0 Å². The van der Waals surface area contributed by atoms with E-state index in [-0.39, 0.29) is 5.91 Å². The first-order valence-corrected chi connectivity index (χ1v) is 8.14. The molecule has 0 unspecified atom stereocenters. The molecular formula is C18H22N4O. The predicted octanol–water partition coefficient (Wildman–Crippen LogP) is 3.04. The van der Waals surface area contributed by atoms with Crippen molar-refractivity contribution in [2.24, 2.45) is 0 Å². The van der Waals surface area contributed by atoms with Crippen molar-refractivity contribution < 1.29 is 4.79 Å². The van der Waals surface area contributed by atoms with E-state index in [1.54, 1.807) is 17.2 Å². The molecule has 1 amide bonds. The quantitative estimate of drug-likeness (QED) is 0.851. The predicted molar refractivity (Wildman–Crippen MR) is 91.1 cm³/mol. The lowest BCUT2D eigenvalue weighted by molar-refractivity contribution is 0.0787. The van der Waals surface area contributed by atoms with Gasteiger partial charge in [-0.3, -0.25) is 4.79 Å². The molecule has 5 nitrogen and oxygen atoms in total. The molecule has 0 bridgehead atoms. The highest BCUT2D eigenvalue weighted by atomic mass is 16.2. The number of hydrogen-bond donors (Lipinski definition) is 0. The van der Waals surface area contributed by atoms with Crippen molar-refractivity contribution in [2.45, 2.75) is 26.2 Å². The molecule has 23 heavy (non-hydrogen) atoms. The Morgan fingerprint density at radius 2 is 2.13 bits per heavy atom. The van der Waals surface area contributed by atoms with E-state index in [4.69, 9.17) is 0 Å². The Morgan fingerprint density at radius 1 is 1.30 bits per heavy atom. The van der Waals surface area contributed by atoms with Crippen LogP contribution < -0.4 is 4.90 Å². The van der Waals surface area contributed by atoms with Crippen LogP contribution in [-0.2, 0) is 6.42 Å². The fraction of sp³-hybridized carbons (Fsp3) is 0.389. The van der Waals surface area contributed by atoms with E-state index in [2.05, 4.69) is 33.9 Å². The van der Waals surface area contributed by atoms with E-state index in [1.807, 2.05) is 19.2 Å². The van der Waals surface area contributed by atoms with Crippen LogP contribution in [0, 0.1) is 0 Å². The summed E-state index contributed by atoms with van der Waals surface area (Å²) in [6, 6.07) is 9.96. The van der Waals surface area contributed by atoms with Gasteiger partial charge in [0.25, 0.3) is 5.91 Å². The Balaban J connectivity index is 1.82. The molecule has 2 aromatic rings. The van der Waals surface area contributed by atoms with Crippen molar-refractivity contribution in [2.75, 3.05) is 25.0 Å². The first kappa shape index (κ1) is 15.5. The second kappa shape index (κ2) is 6.77. The van der Waals surface area contributed by atoms with Crippen molar-refractivity contribution in [1.29, 1.82) is 0 Å². The summed E-state index contributed by atoms with van der Waals surface area (Å²) < 4.78 is 0. The number of aromatic nitrogens is 2. The minimum Gasteiger partial charge on any atom is -0.340 e. The molecule has 0 spiro atoms. The van der Waals surface area contributed by atoms with Crippen LogP contribution in [0.5, 0.6) is 0 Å². The van der Waals surface area contributed by atoms with Crippen LogP contribution in [0.3, 0.4) is 0 Å². The van der Waals surface area contributed by atoms with Gasteiger partial charge in [-0.15, -0.1) is 0 Å². The number of nitrogens with zero attached hydrogens (tertiary/aromatic N) is 4. The molecule has 1 aromatic heterocycles.